The van der Waals surface area contributed by atoms with Crippen molar-refractivity contribution in [2.45, 2.75) is 18.0 Å². The fraction of sp³-hybridized carbons (Fsp3) is 0.179. The quantitative estimate of drug-likeness (QED) is 0.358. The summed E-state index contributed by atoms with van der Waals surface area (Å²) in [7, 11) is 0. The number of hydrogen-bond donors (Lipinski definition) is 3. The molecular formula is C28H20ClFN4O3. The molecule has 7 nitrogen and oxygen atoms in total. The van der Waals surface area contributed by atoms with E-state index in [0.717, 1.165) is 27.4 Å². The van der Waals surface area contributed by atoms with Gasteiger partial charge >= 0.3 is 0 Å². The second-order valence-corrected chi connectivity index (χ2v) is 10.1. The monoisotopic (exact) mass is 514 g/mol. The fourth-order valence-electron chi connectivity index (χ4n) is 6.35. The number of nitrogens with zero attached hydrogens (tertiary/aromatic N) is 1. The molecule has 4 atom stereocenters. The van der Waals surface area contributed by atoms with E-state index in [-0.39, 0.29) is 16.6 Å². The van der Waals surface area contributed by atoms with E-state index in [0.29, 0.717) is 17.7 Å². The lowest BCUT2D eigenvalue weighted by atomic mass is 9.76. The number of carbonyl (C=O) groups is 3. The molecule has 184 valence electrons. The van der Waals surface area contributed by atoms with Crippen molar-refractivity contribution in [2.24, 2.45) is 11.8 Å². The Balaban J connectivity index is 1.38. The van der Waals surface area contributed by atoms with Crippen LogP contribution in [-0.4, -0.2) is 28.7 Å². The van der Waals surface area contributed by atoms with Gasteiger partial charge in [0.25, 0.3) is 0 Å². The van der Waals surface area contributed by atoms with Crippen LogP contribution < -0.4 is 15.5 Å². The highest BCUT2D eigenvalue weighted by Crippen LogP contribution is 2.54. The van der Waals surface area contributed by atoms with Crippen LogP contribution in [0.4, 0.5) is 15.8 Å². The first kappa shape index (κ1) is 22.2. The van der Waals surface area contributed by atoms with E-state index in [4.69, 9.17) is 11.6 Å². The molecule has 3 aromatic carbocycles. The van der Waals surface area contributed by atoms with Crippen LogP contribution in [0.5, 0.6) is 0 Å². The van der Waals surface area contributed by atoms with Gasteiger partial charge in [0.15, 0.2) is 0 Å². The molecule has 4 heterocycles. The highest BCUT2D eigenvalue weighted by atomic mass is 35.5. The van der Waals surface area contributed by atoms with Gasteiger partial charge in [-0.2, -0.15) is 0 Å². The topological polar surface area (TPSA) is 94.3 Å². The van der Waals surface area contributed by atoms with E-state index in [2.05, 4.69) is 15.6 Å². The van der Waals surface area contributed by atoms with E-state index in [1.54, 1.807) is 12.1 Å². The first-order chi connectivity index (χ1) is 17.9. The lowest BCUT2D eigenvalue weighted by molar-refractivity contribution is -0.130. The van der Waals surface area contributed by atoms with Crippen LogP contribution in [0.2, 0.25) is 5.02 Å². The molecule has 9 heteroatoms. The number of aromatic amines is 1. The molecule has 1 spiro atoms. The van der Waals surface area contributed by atoms with Crippen LogP contribution in [-0.2, 0) is 26.3 Å². The Morgan fingerprint density at radius 1 is 0.973 bits per heavy atom. The maximum atomic E-state index is 14.0. The second kappa shape index (κ2) is 7.74. The summed E-state index contributed by atoms with van der Waals surface area (Å²) in [5, 5.41) is 7.17. The first-order valence-corrected chi connectivity index (χ1v) is 12.3. The number of halogens is 2. The Morgan fingerprint density at radius 2 is 1.76 bits per heavy atom. The van der Waals surface area contributed by atoms with Crippen molar-refractivity contribution in [2.75, 3.05) is 10.2 Å². The molecule has 0 aliphatic carbocycles. The fourth-order valence-corrected chi connectivity index (χ4v) is 6.52. The minimum absolute atomic E-state index is 0.184. The van der Waals surface area contributed by atoms with Gasteiger partial charge in [-0.1, -0.05) is 48.0 Å². The molecule has 0 unspecified atom stereocenters. The molecule has 3 N–H and O–H groups in total. The first-order valence-electron chi connectivity index (χ1n) is 12.0. The zero-order chi connectivity index (χ0) is 25.5. The van der Waals surface area contributed by atoms with E-state index < -0.39 is 41.0 Å². The van der Waals surface area contributed by atoms with Gasteiger partial charge in [-0.25, -0.2) is 9.29 Å². The van der Waals surface area contributed by atoms with Crippen molar-refractivity contribution in [1.82, 2.24) is 10.3 Å². The number of nitrogens with one attached hydrogen (secondary N) is 3. The molecule has 3 amide bonds. The zero-order valence-corrected chi connectivity index (χ0v) is 20.1. The Morgan fingerprint density at radius 3 is 2.59 bits per heavy atom. The molecule has 2 fully saturated rings. The number of anilines is 2. The summed E-state index contributed by atoms with van der Waals surface area (Å²) in [6.07, 6.45) is 2.31. The van der Waals surface area contributed by atoms with Crippen molar-refractivity contribution < 1.29 is 18.8 Å². The van der Waals surface area contributed by atoms with Crippen molar-refractivity contribution in [3.05, 3.63) is 94.9 Å². The molecule has 0 radical (unpaired) electrons. The number of fused-ring (bicyclic) bond motifs is 5. The molecule has 0 saturated carbocycles. The number of rotatable bonds is 3. The Bertz CT molecular complexity index is 1650. The third-order valence-electron chi connectivity index (χ3n) is 7.90. The van der Waals surface area contributed by atoms with Crippen molar-refractivity contribution in [3.8, 4) is 0 Å². The molecule has 4 aromatic rings. The third-order valence-corrected chi connectivity index (χ3v) is 8.19. The molecule has 0 bridgehead atoms. The molecule has 2 saturated heterocycles. The number of benzene rings is 3. The second-order valence-electron chi connectivity index (χ2n) is 9.74. The zero-order valence-electron chi connectivity index (χ0n) is 19.3. The summed E-state index contributed by atoms with van der Waals surface area (Å²) in [5.41, 5.74) is 1.94. The predicted octanol–water partition coefficient (Wildman–Crippen LogP) is 4.13. The number of para-hydroxylation sites is 2. The number of amides is 3. The van der Waals surface area contributed by atoms with Gasteiger partial charge in [0.1, 0.15) is 11.4 Å². The lowest BCUT2D eigenvalue weighted by Gasteiger charge is -2.29. The Labute approximate surface area is 215 Å². The number of imide groups is 1. The molecule has 3 aliphatic rings. The summed E-state index contributed by atoms with van der Waals surface area (Å²) in [6, 6.07) is 18.3. The van der Waals surface area contributed by atoms with E-state index in [1.807, 2.05) is 42.6 Å². The van der Waals surface area contributed by atoms with Crippen LogP contribution in [0.15, 0.2) is 72.9 Å². The van der Waals surface area contributed by atoms with Crippen LogP contribution in [0.3, 0.4) is 0 Å². The maximum absolute atomic E-state index is 14.0. The maximum Gasteiger partial charge on any atom is 0.250 e. The molecule has 3 aliphatic heterocycles. The highest BCUT2D eigenvalue weighted by molar-refractivity contribution is 6.32. The van der Waals surface area contributed by atoms with E-state index in [9.17, 15) is 18.8 Å². The largest absolute Gasteiger partial charge is 0.361 e. The lowest BCUT2D eigenvalue weighted by Crippen LogP contribution is -2.53. The third kappa shape index (κ3) is 2.94. The van der Waals surface area contributed by atoms with Crippen molar-refractivity contribution >= 4 is 51.6 Å². The standard InChI is InChI=1S/C28H20ClFN4O3/c29-18-12-15(9-10-19(18)30)34-25(35)23-22(11-14-13-31-20-7-3-1-5-16(14)20)33-28(24(23)26(34)36)17-6-2-4-8-21(17)32-27(28)37/h1-10,12-13,22-24,31,33H,11H2,(H,32,37)/t22-,23-,24-,28-/m0/s1. The minimum atomic E-state index is -1.41. The summed E-state index contributed by atoms with van der Waals surface area (Å²) in [4.78, 5) is 45.9. The van der Waals surface area contributed by atoms with Crippen LogP contribution >= 0.6 is 11.6 Å². The van der Waals surface area contributed by atoms with Crippen LogP contribution in [0.25, 0.3) is 10.9 Å². The van der Waals surface area contributed by atoms with E-state index >= 15 is 0 Å². The number of aromatic nitrogens is 1. The van der Waals surface area contributed by atoms with Crippen LogP contribution in [0.1, 0.15) is 11.1 Å². The summed E-state index contributed by atoms with van der Waals surface area (Å²) in [5.74, 6) is -3.78. The predicted molar refractivity (Wildman–Crippen MR) is 137 cm³/mol. The molecule has 37 heavy (non-hydrogen) atoms. The Hall–Kier alpha value is -4.01. The smallest absolute Gasteiger partial charge is 0.250 e. The average molecular weight is 515 g/mol. The number of carbonyl (C=O) groups excluding carboxylic acids is 3. The normalized spacial score (nSPS) is 26.3. The van der Waals surface area contributed by atoms with Gasteiger partial charge in [-0.3, -0.25) is 19.7 Å². The number of hydrogen-bond acceptors (Lipinski definition) is 4. The van der Waals surface area contributed by atoms with Gasteiger partial charge in [0.05, 0.1) is 22.5 Å². The van der Waals surface area contributed by atoms with Gasteiger partial charge in [0, 0.05) is 34.4 Å². The van der Waals surface area contributed by atoms with Gasteiger partial charge < -0.3 is 10.3 Å². The molecule has 1 aromatic heterocycles. The van der Waals surface area contributed by atoms with Crippen molar-refractivity contribution in [3.63, 3.8) is 0 Å². The van der Waals surface area contributed by atoms with Crippen LogP contribution in [0, 0.1) is 17.7 Å². The minimum Gasteiger partial charge on any atom is -0.361 e. The average Bonchev–Trinajstić information content (AvgIpc) is 3.60. The van der Waals surface area contributed by atoms with Gasteiger partial charge in [0.2, 0.25) is 17.7 Å². The number of H-pyrrole nitrogens is 1. The highest BCUT2D eigenvalue weighted by Gasteiger charge is 2.70. The Kier molecular flexibility index (Phi) is 4.65. The summed E-state index contributed by atoms with van der Waals surface area (Å²) < 4.78 is 13.9. The SMILES string of the molecule is O=C1[C@H]2[C@H](Cc3c[nH]c4ccccc34)N[C@]3(C(=O)Nc4ccccc43)[C@@H]2C(=O)N1c1ccc(F)c(Cl)c1. The van der Waals surface area contributed by atoms with Gasteiger partial charge in [-0.15, -0.1) is 0 Å². The molecule has 7 rings (SSSR count). The van der Waals surface area contributed by atoms with Gasteiger partial charge in [-0.05, 0) is 42.3 Å². The van der Waals surface area contributed by atoms with E-state index in [1.165, 1.54) is 12.1 Å². The summed E-state index contributed by atoms with van der Waals surface area (Å²) >= 11 is 5.99. The molecular weight excluding hydrogens is 495 g/mol. The summed E-state index contributed by atoms with van der Waals surface area (Å²) in [6.45, 7) is 0. The van der Waals surface area contributed by atoms with Crippen molar-refractivity contribution in [1.29, 1.82) is 0 Å².